The van der Waals surface area contributed by atoms with E-state index in [0.717, 1.165) is 46.0 Å². The Morgan fingerprint density at radius 2 is 1.85 bits per heavy atom. The number of hydrogen-bond donors (Lipinski definition) is 2. The first-order chi connectivity index (χ1) is 19.3. The van der Waals surface area contributed by atoms with Crippen molar-refractivity contribution >= 4 is 52.1 Å². The zero-order chi connectivity index (χ0) is 28.4. The van der Waals surface area contributed by atoms with E-state index in [2.05, 4.69) is 51.9 Å². The van der Waals surface area contributed by atoms with E-state index in [1.807, 2.05) is 54.6 Å². The van der Waals surface area contributed by atoms with Crippen LogP contribution in [0.3, 0.4) is 0 Å². The summed E-state index contributed by atoms with van der Waals surface area (Å²) in [7, 11) is 0. The summed E-state index contributed by atoms with van der Waals surface area (Å²) in [6.45, 7) is 6.66. The molecule has 2 aromatic carbocycles. The van der Waals surface area contributed by atoms with Crippen molar-refractivity contribution in [2.45, 2.75) is 45.7 Å². The first-order valence-electron chi connectivity index (χ1n) is 13.3. The molecule has 2 N–H and O–H groups in total. The number of aryl methyl sites for hydroxylation is 2. The molecule has 0 bridgehead atoms. The molecular weight excluding hydrogens is 561 g/mol. The first-order valence-corrected chi connectivity index (χ1v) is 14.4. The molecular formula is C31H31Cl2N5OS. The summed E-state index contributed by atoms with van der Waals surface area (Å²) in [4.78, 5) is 19.8. The van der Waals surface area contributed by atoms with Gasteiger partial charge in [0.25, 0.3) is 0 Å². The highest BCUT2D eigenvalue weighted by Crippen LogP contribution is 2.42. The average molecular weight is 593 g/mol. The molecule has 1 saturated heterocycles. The van der Waals surface area contributed by atoms with E-state index >= 15 is 0 Å². The van der Waals surface area contributed by atoms with Crippen LogP contribution in [-0.2, 0) is 11.2 Å². The summed E-state index contributed by atoms with van der Waals surface area (Å²) >= 11 is 18.6. The van der Waals surface area contributed by atoms with Gasteiger partial charge in [-0.3, -0.25) is 9.78 Å². The second-order valence-electron chi connectivity index (χ2n) is 9.89. The molecule has 9 heteroatoms. The number of carbonyl (C=O) groups excluding carboxylic acids is 1. The fourth-order valence-electron chi connectivity index (χ4n) is 5.49. The van der Waals surface area contributed by atoms with Gasteiger partial charge in [-0.05, 0) is 86.1 Å². The first kappa shape index (κ1) is 28.1. The Labute approximate surface area is 250 Å². The molecule has 5 rings (SSSR count). The van der Waals surface area contributed by atoms with Gasteiger partial charge in [-0.25, -0.2) is 0 Å². The van der Waals surface area contributed by atoms with Crippen LogP contribution in [-0.4, -0.2) is 32.0 Å². The minimum Gasteiger partial charge on any atom is -0.352 e. The lowest BCUT2D eigenvalue weighted by Gasteiger charge is -2.28. The van der Waals surface area contributed by atoms with Gasteiger partial charge in [0.05, 0.1) is 28.5 Å². The van der Waals surface area contributed by atoms with Crippen molar-refractivity contribution in [2.75, 3.05) is 11.9 Å². The maximum Gasteiger partial charge on any atom is 0.226 e. The molecule has 0 saturated carbocycles. The molecule has 1 fully saturated rings. The minimum absolute atomic E-state index is 0.0536. The maximum atomic E-state index is 13.1. The van der Waals surface area contributed by atoms with Gasteiger partial charge < -0.3 is 20.1 Å². The molecule has 2 aromatic heterocycles. The van der Waals surface area contributed by atoms with Crippen molar-refractivity contribution < 1.29 is 4.79 Å². The maximum absolute atomic E-state index is 13.1. The van der Waals surface area contributed by atoms with Gasteiger partial charge in [-0.1, -0.05) is 54.4 Å². The zero-order valence-electron chi connectivity index (χ0n) is 22.6. The fourth-order valence-corrected chi connectivity index (χ4v) is 6.32. The number of thiocarbonyl (C=S) groups is 1. The highest BCUT2D eigenvalue weighted by Gasteiger charge is 2.41. The van der Waals surface area contributed by atoms with Gasteiger partial charge in [0, 0.05) is 41.3 Å². The van der Waals surface area contributed by atoms with Gasteiger partial charge >= 0.3 is 0 Å². The van der Waals surface area contributed by atoms with Crippen molar-refractivity contribution in [2.24, 2.45) is 0 Å². The summed E-state index contributed by atoms with van der Waals surface area (Å²) in [5.74, 6) is -0.0536. The van der Waals surface area contributed by atoms with Crippen LogP contribution in [0.15, 0.2) is 72.9 Å². The summed E-state index contributed by atoms with van der Waals surface area (Å²) in [5, 5.41) is 8.32. The lowest BCUT2D eigenvalue weighted by molar-refractivity contribution is -0.116. The normalized spacial score (nSPS) is 16.7. The highest BCUT2D eigenvalue weighted by atomic mass is 35.5. The zero-order valence-corrected chi connectivity index (χ0v) is 24.9. The lowest BCUT2D eigenvalue weighted by Crippen LogP contribution is -2.33. The van der Waals surface area contributed by atoms with Crippen LogP contribution in [0.4, 0.5) is 5.69 Å². The van der Waals surface area contributed by atoms with E-state index in [-0.39, 0.29) is 24.4 Å². The largest absolute Gasteiger partial charge is 0.352 e. The van der Waals surface area contributed by atoms with Gasteiger partial charge in [0.2, 0.25) is 5.91 Å². The number of pyridine rings is 1. The van der Waals surface area contributed by atoms with E-state index in [9.17, 15) is 4.79 Å². The summed E-state index contributed by atoms with van der Waals surface area (Å²) < 4.78 is 2.14. The van der Waals surface area contributed by atoms with Crippen LogP contribution < -0.4 is 10.6 Å². The quantitative estimate of drug-likeness (QED) is 0.210. The van der Waals surface area contributed by atoms with Gasteiger partial charge in [0.15, 0.2) is 5.11 Å². The van der Waals surface area contributed by atoms with Crippen LogP contribution in [0.2, 0.25) is 10.0 Å². The van der Waals surface area contributed by atoms with Crippen molar-refractivity contribution in [1.29, 1.82) is 0 Å². The number of benzene rings is 2. The number of nitrogens with zero attached hydrogens (tertiary/aromatic N) is 3. The number of amides is 1. The van der Waals surface area contributed by atoms with E-state index in [1.165, 1.54) is 0 Å². The Balaban J connectivity index is 1.48. The SMILES string of the molecule is CCc1ccccc1NC(=O)CCN1C(=S)N[C@H](c2ccccn2)[C@H]1c1cc(C)n(-c2ccc(Cl)cc2Cl)c1C. The van der Waals surface area contributed by atoms with Crippen LogP contribution in [0.5, 0.6) is 0 Å². The number of carbonyl (C=O) groups is 1. The Bertz CT molecular complexity index is 1550. The minimum atomic E-state index is -0.188. The van der Waals surface area contributed by atoms with Crippen molar-refractivity contribution in [1.82, 2.24) is 19.8 Å². The molecule has 0 unspecified atom stereocenters. The summed E-state index contributed by atoms with van der Waals surface area (Å²) in [6.07, 6.45) is 2.92. The van der Waals surface area contributed by atoms with Crippen LogP contribution in [0.1, 0.15) is 53.6 Å². The average Bonchev–Trinajstić information content (AvgIpc) is 3.42. The lowest BCUT2D eigenvalue weighted by atomic mass is 9.96. The smallest absolute Gasteiger partial charge is 0.226 e. The third-order valence-electron chi connectivity index (χ3n) is 7.39. The van der Waals surface area contributed by atoms with E-state index in [1.54, 1.807) is 12.3 Å². The Morgan fingerprint density at radius 3 is 2.58 bits per heavy atom. The van der Waals surface area contributed by atoms with Gasteiger partial charge in [-0.15, -0.1) is 0 Å². The van der Waals surface area contributed by atoms with E-state index < -0.39 is 0 Å². The molecule has 0 aliphatic carbocycles. The van der Waals surface area contributed by atoms with Crippen molar-refractivity contribution in [3.05, 3.63) is 111 Å². The number of rotatable bonds is 8. The number of aromatic nitrogens is 2. The number of hydrogen-bond acceptors (Lipinski definition) is 3. The predicted molar refractivity (Wildman–Crippen MR) is 166 cm³/mol. The van der Waals surface area contributed by atoms with E-state index in [4.69, 9.17) is 35.4 Å². The molecule has 206 valence electrons. The van der Waals surface area contributed by atoms with Crippen molar-refractivity contribution in [3.63, 3.8) is 0 Å². The summed E-state index contributed by atoms with van der Waals surface area (Å²) in [5.41, 5.74) is 6.85. The van der Waals surface area contributed by atoms with Crippen LogP contribution in [0.25, 0.3) is 5.69 Å². The fraction of sp³-hybridized carbons (Fsp3) is 0.258. The topological polar surface area (TPSA) is 62.2 Å². The third-order valence-corrected chi connectivity index (χ3v) is 8.28. The molecule has 3 heterocycles. The molecule has 0 spiro atoms. The van der Waals surface area contributed by atoms with Crippen LogP contribution in [0, 0.1) is 13.8 Å². The molecule has 4 aromatic rings. The number of para-hydroxylation sites is 1. The Morgan fingerprint density at radius 1 is 1.07 bits per heavy atom. The van der Waals surface area contributed by atoms with Crippen molar-refractivity contribution in [3.8, 4) is 5.69 Å². The number of halogens is 2. The van der Waals surface area contributed by atoms with Crippen LogP contribution >= 0.6 is 35.4 Å². The third kappa shape index (κ3) is 5.59. The number of anilines is 1. The summed E-state index contributed by atoms with van der Waals surface area (Å²) in [6, 6.07) is 21.1. The van der Waals surface area contributed by atoms with Gasteiger partial charge in [0.1, 0.15) is 0 Å². The molecule has 2 atom stereocenters. The Hall–Kier alpha value is -3.39. The molecule has 6 nitrogen and oxygen atoms in total. The molecule has 40 heavy (non-hydrogen) atoms. The second-order valence-corrected chi connectivity index (χ2v) is 11.1. The van der Waals surface area contributed by atoms with Gasteiger partial charge in [-0.2, -0.15) is 0 Å². The monoisotopic (exact) mass is 591 g/mol. The second kappa shape index (κ2) is 12.0. The van der Waals surface area contributed by atoms with E-state index in [0.29, 0.717) is 21.7 Å². The Kier molecular flexibility index (Phi) is 8.45. The molecule has 0 radical (unpaired) electrons. The molecule has 1 aliphatic rings. The number of nitrogens with one attached hydrogen (secondary N) is 2. The predicted octanol–water partition coefficient (Wildman–Crippen LogP) is 7.36. The standard InChI is InChI=1S/C31H31Cl2N5OS/c1-4-21-9-5-6-10-25(21)35-28(39)14-16-37-30(29(36-31(37)40)26-11-7-8-15-34-26)23-17-19(2)38(20(23)3)27-13-12-22(32)18-24(27)33/h5-13,15,17-18,29-30H,4,14,16H2,1-3H3,(H,35,39)(H,36,40)/t29-,30-/m1/s1. The molecule has 1 aliphatic heterocycles. The molecule has 1 amide bonds. The highest BCUT2D eigenvalue weighted by molar-refractivity contribution is 7.80.